The predicted octanol–water partition coefficient (Wildman–Crippen LogP) is 6.45. The van der Waals surface area contributed by atoms with Gasteiger partial charge in [-0.1, -0.05) is 44.4 Å². The van der Waals surface area contributed by atoms with Gasteiger partial charge < -0.3 is 10.1 Å². The van der Waals surface area contributed by atoms with Crippen LogP contribution in [0.4, 0.5) is 22.0 Å². The van der Waals surface area contributed by atoms with Gasteiger partial charge in [-0.15, -0.1) is 0 Å². The third kappa shape index (κ3) is 9.26. The minimum Gasteiger partial charge on any atom is -0.434 e. The lowest BCUT2D eigenvalue weighted by atomic mass is 9.83. The number of halogens is 6. The van der Waals surface area contributed by atoms with Crippen LogP contribution in [0.25, 0.3) is 11.3 Å². The Morgan fingerprint density at radius 3 is 2.38 bits per heavy atom. The second kappa shape index (κ2) is 14.7. The number of hydrogen-bond donors (Lipinski definition) is 1. The molecule has 1 aliphatic carbocycles. The molecule has 218 valence electrons. The summed E-state index contributed by atoms with van der Waals surface area (Å²) in [5.41, 5.74) is 0.424. The number of benzene rings is 1. The molecule has 1 unspecified atom stereocenters. The molecule has 0 aliphatic heterocycles. The molecule has 1 heterocycles. The van der Waals surface area contributed by atoms with Crippen molar-refractivity contribution in [3.63, 3.8) is 0 Å². The number of carbonyl (C=O) groups is 1. The molecule has 1 atom stereocenters. The number of amides is 1. The number of aromatic nitrogens is 2. The average Bonchev–Trinajstić information content (AvgIpc) is 3.19. The first kappa shape index (κ1) is 32.7. The van der Waals surface area contributed by atoms with Gasteiger partial charge in [-0.3, -0.25) is 9.48 Å². The van der Waals surface area contributed by atoms with Crippen LogP contribution in [0.2, 0.25) is 5.02 Å². The Morgan fingerprint density at radius 1 is 1.23 bits per heavy atom. The van der Waals surface area contributed by atoms with E-state index in [0.29, 0.717) is 18.4 Å². The Morgan fingerprint density at radius 2 is 1.85 bits per heavy atom. The molecule has 1 aromatic carbocycles. The summed E-state index contributed by atoms with van der Waals surface area (Å²) in [5, 5.41) is 7.12. The van der Waals surface area contributed by atoms with Crippen molar-refractivity contribution in [1.82, 2.24) is 15.1 Å². The molecule has 1 fully saturated rings. The van der Waals surface area contributed by atoms with E-state index in [2.05, 4.69) is 22.1 Å². The maximum absolute atomic E-state index is 13.2. The van der Waals surface area contributed by atoms with E-state index in [1.165, 1.54) is 16.8 Å². The van der Waals surface area contributed by atoms with E-state index in [1.807, 2.05) is 0 Å². The maximum Gasteiger partial charge on any atom is 0.391 e. The van der Waals surface area contributed by atoms with Crippen LogP contribution in [0.5, 0.6) is 5.75 Å². The van der Waals surface area contributed by atoms with Crippen molar-refractivity contribution in [3.8, 4) is 17.0 Å². The van der Waals surface area contributed by atoms with Gasteiger partial charge in [0.2, 0.25) is 0 Å². The second-order valence-corrected chi connectivity index (χ2v) is 10.1. The van der Waals surface area contributed by atoms with E-state index in [4.69, 9.17) is 20.0 Å². The maximum atomic E-state index is 13.2. The van der Waals surface area contributed by atoms with Gasteiger partial charge >= 0.3 is 24.4 Å². The fraction of sp³-hybridized carbons (Fsp3) is 0.600. The van der Waals surface area contributed by atoms with E-state index in [0.717, 1.165) is 38.7 Å². The molecule has 7 nitrogen and oxygen atoms in total. The smallest absolute Gasteiger partial charge is 0.391 e. The number of alkyl halides is 5. The quantitative estimate of drug-likeness (QED) is 0.335. The summed E-state index contributed by atoms with van der Waals surface area (Å²) in [6, 6.07) is 3.93. The molecule has 1 aliphatic rings. The lowest BCUT2D eigenvalue weighted by Gasteiger charge is -2.26. The average molecular weight is 600 g/mol. The number of ether oxygens (including phenoxy) is 1. The Bertz CT molecular complexity index is 1150. The van der Waals surface area contributed by atoms with Crippen LogP contribution >= 0.6 is 11.6 Å². The van der Waals surface area contributed by atoms with Crippen LogP contribution in [0.15, 0.2) is 18.2 Å². The normalized spacial score (nSPS) is 18.2. The molecule has 0 bridgehead atoms. The minimum absolute atomic E-state index is 0.0397. The Kier molecular flexibility index (Phi) is 12.3. The first-order chi connectivity index (χ1) is 18.3. The summed E-state index contributed by atoms with van der Waals surface area (Å²) in [4.78, 5) is 12.9. The molecule has 2 aromatic rings. The Hall–Kier alpha value is -2.54. The van der Waals surface area contributed by atoms with Crippen LogP contribution in [0.3, 0.4) is 0 Å². The molecule has 1 aromatic heterocycles. The SMILES string of the molecule is CCn1nc(C(=O)NCC2CCC(C)CC2)c(Cl)c1-c1ccc(CC(C)C(F)(F)F)cc1OC(F)F.O=S=O. The summed E-state index contributed by atoms with van der Waals surface area (Å²) < 4.78 is 88.0. The third-order valence-corrected chi connectivity index (χ3v) is 7.07. The van der Waals surface area contributed by atoms with Crippen molar-refractivity contribution >= 4 is 29.1 Å². The van der Waals surface area contributed by atoms with Crippen LogP contribution in [-0.2, 0) is 24.5 Å². The first-order valence-corrected chi connectivity index (χ1v) is 13.5. The number of aryl methyl sites for hydroxylation is 1. The van der Waals surface area contributed by atoms with Gasteiger partial charge in [0.05, 0.1) is 16.6 Å². The summed E-state index contributed by atoms with van der Waals surface area (Å²) in [7, 11) is 0. The molecule has 1 amide bonds. The molecular weight excluding hydrogens is 569 g/mol. The van der Waals surface area contributed by atoms with Gasteiger partial charge in [0.15, 0.2) is 5.69 Å². The molecule has 0 radical (unpaired) electrons. The van der Waals surface area contributed by atoms with Gasteiger partial charge in [0, 0.05) is 18.7 Å². The van der Waals surface area contributed by atoms with Crippen LogP contribution < -0.4 is 10.1 Å². The molecule has 3 rings (SSSR count). The monoisotopic (exact) mass is 599 g/mol. The first-order valence-electron chi connectivity index (χ1n) is 12.4. The molecule has 39 heavy (non-hydrogen) atoms. The number of nitrogens with zero attached hydrogens (tertiary/aromatic N) is 2. The third-order valence-electron chi connectivity index (χ3n) is 6.71. The zero-order valence-corrected chi connectivity index (χ0v) is 23.3. The molecular formula is C25H31ClF5N3O4S. The van der Waals surface area contributed by atoms with E-state index in [-0.39, 0.29) is 39.8 Å². The highest BCUT2D eigenvalue weighted by atomic mass is 35.5. The fourth-order valence-electron chi connectivity index (χ4n) is 4.48. The van der Waals surface area contributed by atoms with Gasteiger partial charge in [0.1, 0.15) is 5.75 Å². The van der Waals surface area contributed by atoms with E-state index in [9.17, 15) is 26.7 Å². The number of rotatable bonds is 9. The van der Waals surface area contributed by atoms with Crippen molar-refractivity contribution in [1.29, 1.82) is 0 Å². The fourth-order valence-corrected chi connectivity index (χ4v) is 4.80. The summed E-state index contributed by atoms with van der Waals surface area (Å²) >= 11 is 5.78. The van der Waals surface area contributed by atoms with Crippen molar-refractivity contribution in [3.05, 3.63) is 34.5 Å². The molecule has 0 saturated heterocycles. The highest BCUT2D eigenvalue weighted by Crippen LogP contribution is 2.39. The Labute approximate surface area is 232 Å². The lowest BCUT2D eigenvalue weighted by Crippen LogP contribution is -2.31. The molecule has 1 N–H and O–H groups in total. The summed E-state index contributed by atoms with van der Waals surface area (Å²) in [6.07, 6.45) is -0.557. The lowest BCUT2D eigenvalue weighted by molar-refractivity contribution is -0.169. The van der Waals surface area contributed by atoms with Crippen molar-refractivity contribution in [2.45, 2.75) is 72.2 Å². The van der Waals surface area contributed by atoms with Crippen LogP contribution in [-0.4, -0.2) is 43.4 Å². The number of carbonyl (C=O) groups excluding carboxylic acids is 1. The summed E-state index contributed by atoms with van der Waals surface area (Å²) in [5.74, 6) is -1.43. The zero-order valence-electron chi connectivity index (χ0n) is 21.7. The molecule has 14 heteroatoms. The van der Waals surface area contributed by atoms with Gasteiger partial charge in [-0.05, 0) is 55.7 Å². The minimum atomic E-state index is -4.43. The topological polar surface area (TPSA) is 90.3 Å². The van der Waals surface area contributed by atoms with Crippen LogP contribution in [0, 0.1) is 17.8 Å². The van der Waals surface area contributed by atoms with E-state index >= 15 is 0 Å². The highest BCUT2D eigenvalue weighted by molar-refractivity contribution is 7.51. The zero-order chi connectivity index (χ0) is 29.3. The van der Waals surface area contributed by atoms with Crippen molar-refractivity contribution in [2.24, 2.45) is 17.8 Å². The van der Waals surface area contributed by atoms with Gasteiger partial charge in [-0.2, -0.15) is 35.5 Å². The highest BCUT2D eigenvalue weighted by Gasteiger charge is 2.36. The Balaban J connectivity index is 0.00000170. The standard InChI is InChI=1S/C25H31ClF5N3O2.O2S/c1-4-34-22(20(26)21(33-34)23(35)32-13-16-7-5-14(2)6-8-16)18-10-9-17(11-15(3)25(29,30)31)12-19(18)36-24(27)28;1-3-2/h9-10,12,14-16,24H,4-8,11,13H2,1-3H3,(H,32,35);. The molecule has 1 saturated carbocycles. The van der Waals surface area contributed by atoms with Crippen LogP contribution in [0.1, 0.15) is 62.5 Å². The number of hydrogen-bond acceptors (Lipinski definition) is 5. The van der Waals surface area contributed by atoms with Gasteiger partial charge in [0.25, 0.3) is 5.91 Å². The predicted molar refractivity (Wildman–Crippen MR) is 136 cm³/mol. The molecule has 0 spiro atoms. The van der Waals surface area contributed by atoms with E-state index in [1.54, 1.807) is 6.92 Å². The largest absolute Gasteiger partial charge is 0.434 e. The van der Waals surface area contributed by atoms with Gasteiger partial charge in [-0.25, -0.2) is 0 Å². The second-order valence-electron chi connectivity index (χ2n) is 9.59. The van der Waals surface area contributed by atoms with Crippen molar-refractivity contribution < 1.29 is 39.9 Å². The number of nitrogens with one attached hydrogen (secondary N) is 1. The summed E-state index contributed by atoms with van der Waals surface area (Å²) in [6.45, 7) is 2.51. The van der Waals surface area contributed by atoms with Crippen molar-refractivity contribution in [2.75, 3.05) is 6.54 Å². The van der Waals surface area contributed by atoms with E-state index < -0.39 is 42.6 Å².